The standard InChI is InChI=1S/C23H23ClN6O3S2.C23H23ClN6OS2/c1-14(15-7-9-30(10-8-15)22-26-12-17(24)13-27-22)33-23-29-19-5-4-18(28-21(19)34-23)16-3-6-20(25-11-16)35(2,31)32;1-14(15-7-9-30(10-8-15)22-26-12-17(24)13-27-22)31-23-29-19-5-4-18(28-21(19)33-23)16-3-6-20(32-2)25-11-16/h3-6,11-15H,7-10H2,1-2H3;3-6,11-15H,7-10H2,1-2H3/t2*14-/m00/s1. The Balaban J connectivity index is 0.000000170. The fourth-order valence-corrected chi connectivity index (χ4v) is 10.9. The van der Waals surface area contributed by atoms with Gasteiger partial charge < -0.3 is 19.3 Å². The van der Waals surface area contributed by atoms with Gasteiger partial charge in [-0.3, -0.25) is 0 Å². The number of anilines is 2. The van der Waals surface area contributed by atoms with E-state index in [1.54, 1.807) is 42.6 Å². The number of sulfone groups is 1. The Labute approximate surface area is 415 Å². The number of rotatable bonds is 12. The summed E-state index contributed by atoms with van der Waals surface area (Å²) in [6.07, 6.45) is 17.1. The van der Waals surface area contributed by atoms with Crippen LogP contribution in [0.1, 0.15) is 39.5 Å². The Morgan fingerprint density at radius 2 is 1.04 bits per heavy atom. The highest BCUT2D eigenvalue weighted by atomic mass is 35.5. The van der Waals surface area contributed by atoms with Crippen LogP contribution >= 0.6 is 57.6 Å². The summed E-state index contributed by atoms with van der Waals surface area (Å²) in [5.41, 5.74) is 4.94. The molecule has 352 valence electrons. The number of fused-ring (bicyclic) bond motifs is 2. The minimum Gasteiger partial charge on any atom is -0.467 e. The van der Waals surface area contributed by atoms with Crippen molar-refractivity contribution in [1.82, 2.24) is 49.8 Å². The van der Waals surface area contributed by atoms with E-state index in [-0.39, 0.29) is 17.2 Å². The van der Waals surface area contributed by atoms with Gasteiger partial charge in [-0.25, -0.2) is 58.3 Å². The molecular weight excluding hydrogens is 984 g/mol. The summed E-state index contributed by atoms with van der Waals surface area (Å²) >= 11 is 16.3. The molecule has 8 aromatic heterocycles. The molecular formula is C46H46Cl2N12O4S4. The molecule has 0 bridgehead atoms. The number of thiazole rings is 2. The highest BCUT2D eigenvalue weighted by Crippen LogP contribution is 2.34. The van der Waals surface area contributed by atoms with Crippen LogP contribution in [0.25, 0.3) is 43.2 Å². The van der Waals surface area contributed by atoms with E-state index in [0.29, 0.717) is 43.9 Å². The van der Waals surface area contributed by atoms with E-state index in [4.69, 9.17) is 37.7 Å². The molecule has 2 saturated heterocycles. The molecule has 2 aliphatic rings. The molecule has 22 heteroatoms. The lowest BCUT2D eigenvalue weighted by atomic mass is 9.92. The molecule has 2 atom stereocenters. The second kappa shape index (κ2) is 21.1. The third-order valence-corrected chi connectivity index (χ3v) is 15.6. The Morgan fingerprint density at radius 1 is 0.603 bits per heavy atom. The number of nitrogens with zero attached hydrogens (tertiary/aromatic N) is 12. The van der Waals surface area contributed by atoms with Gasteiger partial charge >= 0.3 is 0 Å². The van der Waals surface area contributed by atoms with Gasteiger partial charge in [-0.1, -0.05) is 45.9 Å². The summed E-state index contributed by atoms with van der Waals surface area (Å²) in [6, 6.07) is 15.0. The van der Waals surface area contributed by atoms with Crippen molar-refractivity contribution in [3.8, 4) is 32.9 Å². The number of ether oxygens (including phenoxy) is 2. The van der Waals surface area contributed by atoms with Crippen LogP contribution in [-0.4, -0.2) is 109 Å². The third-order valence-electron chi connectivity index (χ3n) is 11.9. The van der Waals surface area contributed by atoms with Crippen LogP contribution in [0.15, 0.2) is 95.8 Å². The molecule has 0 N–H and O–H groups in total. The molecule has 0 unspecified atom stereocenters. The van der Waals surface area contributed by atoms with E-state index in [1.807, 2.05) is 42.8 Å². The van der Waals surface area contributed by atoms with E-state index in [2.05, 4.69) is 74.6 Å². The predicted molar refractivity (Wildman–Crippen MR) is 270 cm³/mol. The van der Waals surface area contributed by atoms with E-state index in [0.717, 1.165) is 107 Å². The molecule has 2 fully saturated rings. The molecule has 0 aromatic carbocycles. The van der Waals surface area contributed by atoms with Crippen molar-refractivity contribution in [1.29, 1.82) is 0 Å². The van der Waals surface area contributed by atoms with Crippen molar-refractivity contribution in [3.05, 3.63) is 95.8 Å². The van der Waals surface area contributed by atoms with Crippen LogP contribution in [0, 0.1) is 11.8 Å². The fourth-order valence-electron chi connectivity index (χ4n) is 8.01. The summed E-state index contributed by atoms with van der Waals surface area (Å²) in [4.78, 5) is 50.5. The normalized spacial score (nSPS) is 15.8. The molecule has 0 amide bonds. The summed E-state index contributed by atoms with van der Waals surface area (Å²) < 4.78 is 35.8. The van der Waals surface area contributed by atoms with Crippen molar-refractivity contribution in [2.75, 3.05) is 48.5 Å². The molecule has 0 saturated carbocycles. The molecule has 68 heavy (non-hydrogen) atoms. The smallest absolute Gasteiger partial charge is 0.276 e. The first kappa shape index (κ1) is 47.7. The van der Waals surface area contributed by atoms with E-state index in [9.17, 15) is 8.42 Å². The molecule has 2 aliphatic heterocycles. The van der Waals surface area contributed by atoms with Crippen molar-refractivity contribution in [2.45, 2.75) is 61.8 Å². The fraction of sp³-hybridized carbons (Fsp3) is 0.348. The number of pyridine rings is 4. The highest BCUT2D eigenvalue weighted by molar-refractivity contribution is 7.98. The first-order valence-electron chi connectivity index (χ1n) is 21.9. The number of thioether (sulfide) groups is 1. The van der Waals surface area contributed by atoms with Gasteiger partial charge in [-0.15, -0.1) is 11.8 Å². The molecule has 0 aliphatic carbocycles. The minimum absolute atomic E-state index is 0.0102. The third kappa shape index (κ3) is 11.5. The lowest BCUT2D eigenvalue weighted by Gasteiger charge is -2.34. The zero-order valence-electron chi connectivity index (χ0n) is 37.4. The Kier molecular flexibility index (Phi) is 14.8. The van der Waals surface area contributed by atoms with Crippen LogP contribution in [-0.2, 0) is 9.84 Å². The van der Waals surface area contributed by atoms with Crippen molar-refractivity contribution < 1.29 is 17.9 Å². The van der Waals surface area contributed by atoms with E-state index >= 15 is 0 Å². The summed E-state index contributed by atoms with van der Waals surface area (Å²) in [6.45, 7) is 7.72. The second-order valence-corrected chi connectivity index (χ2v) is 22.0. The Morgan fingerprint density at radius 3 is 1.43 bits per heavy atom. The average Bonchev–Trinajstić information content (AvgIpc) is 3.96. The lowest BCUT2D eigenvalue weighted by Crippen LogP contribution is -2.39. The molecule has 0 spiro atoms. The van der Waals surface area contributed by atoms with Crippen molar-refractivity contribution in [3.63, 3.8) is 0 Å². The zero-order chi connectivity index (χ0) is 47.4. The number of piperidine rings is 2. The van der Waals surface area contributed by atoms with Gasteiger partial charge in [0.1, 0.15) is 32.9 Å². The van der Waals surface area contributed by atoms with E-state index in [1.165, 1.54) is 34.9 Å². The lowest BCUT2D eigenvalue weighted by molar-refractivity contribution is 0.132. The van der Waals surface area contributed by atoms with Crippen LogP contribution in [0.3, 0.4) is 0 Å². The quantitative estimate of drug-likeness (QED) is 0.105. The van der Waals surface area contributed by atoms with Gasteiger partial charge in [-0.2, -0.15) is 0 Å². The van der Waals surface area contributed by atoms with Crippen LogP contribution < -0.4 is 19.3 Å². The van der Waals surface area contributed by atoms with Gasteiger partial charge in [-0.05, 0) is 106 Å². The van der Waals surface area contributed by atoms with Crippen LogP contribution in [0.2, 0.25) is 10.0 Å². The van der Waals surface area contributed by atoms with Crippen LogP contribution in [0.4, 0.5) is 11.9 Å². The highest BCUT2D eigenvalue weighted by Gasteiger charge is 2.29. The number of halogens is 2. The maximum Gasteiger partial charge on any atom is 0.276 e. The first-order valence-corrected chi connectivity index (χ1v) is 27.4. The first-order chi connectivity index (χ1) is 32.8. The van der Waals surface area contributed by atoms with E-state index < -0.39 is 9.84 Å². The van der Waals surface area contributed by atoms with Crippen LogP contribution in [0.5, 0.6) is 10.4 Å². The predicted octanol–water partition coefficient (Wildman–Crippen LogP) is 9.89. The number of hydrogen-bond acceptors (Lipinski definition) is 19. The minimum atomic E-state index is -3.34. The second-order valence-electron chi connectivity index (χ2n) is 16.4. The van der Waals surface area contributed by atoms with Gasteiger partial charge in [0.2, 0.25) is 11.9 Å². The van der Waals surface area contributed by atoms with Gasteiger partial charge in [0, 0.05) is 56.0 Å². The number of hydrogen-bond donors (Lipinski definition) is 0. The zero-order valence-corrected chi connectivity index (χ0v) is 42.2. The van der Waals surface area contributed by atoms with Crippen molar-refractivity contribution in [2.24, 2.45) is 11.8 Å². The summed E-state index contributed by atoms with van der Waals surface area (Å²) in [7, 11) is -3.34. The Bertz CT molecular complexity index is 3080. The SMILES string of the molecule is CSc1ccc(-c2ccc3nc(O[C@@H](C)C4CCN(c5ncc(Cl)cn5)CC4)sc3n2)cn1.C[C@H](Oc1nc2ccc(-c3ccc(S(C)(=O)=O)nc3)nc2s1)C1CCN(c2ncc(Cl)cn2)CC1. The molecule has 0 radical (unpaired) electrons. The topological polar surface area (TPSA) is 188 Å². The van der Waals surface area contributed by atoms with Gasteiger partial charge in [0.05, 0.1) is 51.2 Å². The Hall–Kier alpha value is -5.38. The molecule has 10 heterocycles. The largest absolute Gasteiger partial charge is 0.467 e. The molecule has 16 nitrogen and oxygen atoms in total. The average molecular weight is 1030 g/mol. The van der Waals surface area contributed by atoms with Crippen molar-refractivity contribution >= 4 is 100 Å². The number of aromatic nitrogens is 10. The molecule has 10 rings (SSSR count). The monoisotopic (exact) mass is 1030 g/mol. The molecule has 8 aromatic rings. The summed E-state index contributed by atoms with van der Waals surface area (Å²) in [5, 5.41) is 3.38. The maximum absolute atomic E-state index is 11.6. The summed E-state index contributed by atoms with van der Waals surface area (Å²) in [5.74, 6) is 2.28. The van der Waals surface area contributed by atoms with Gasteiger partial charge in [0.15, 0.2) is 14.9 Å². The maximum atomic E-state index is 11.6. The van der Waals surface area contributed by atoms with Gasteiger partial charge in [0.25, 0.3) is 10.4 Å².